The number of carbonyl (C=O) groups is 2. The number of hydrogen-bond acceptors (Lipinski definition) is 6. The van der Waals surface area contributed by atoms with Crippen LogP contribution in [0.4, 0.5) is 0 Å². The molecule has 0 heterocycles. The fourth-order valence-electron chi connectivity index (χ4n) is 3.45. The molecule has 4 atom stereocenters. The molecule has 7 nitrogen and oxygen atoms in total. The largest absolute Gasteiger partial charge is 1.00 e. The Morgan fingerprint density at radius 1 is 1.00 bits per heavy atom. The molecule has 0 saturated carbocycles. The minimum absolute atomic E-state index is 0. The number of hydrogen-bond donors (Lipinski definition) is 1. The number of carboxylic acid groups (broad SMARTS) is 1. The molecule has 0 aromatic heterocycles. The average Bonchev–Trinajstić information content (AvgIpc) is 2.62. The number of aliphatic carboxylic acids is 1. The summed E-state index contributed by atoms with van der Waals surface area (Å²) in [6.07, 6.45) is 6.57. The first kappa shape index (κ1) is 31.0. The number of esters is 1. The van der Waals surface area contributed by atoms with E-state index in [2.05, 4.69) is 20.8 Å². The van der Waals surface area contributed by atoms with Crippen molar-refractivity contribution < 1.29 is 62.0 Å². The molecule has 0 spiro atoms. The van der Waals surface area contributed by atoms with E-state index in [1.54, 1.807) is 0 Å². The number of carbonyl (C=O) groups excluding carboxylic acids is 1. The Labute approximate surface area is 198 Å². The molecule has 0 amide bonds. The van der Waals surface area contributed by atoms with Gasteiger partial charge in [-0.3, -0.25) is 9.59 Å². The van der Waals surface area contributed by atoms with Crippen molar-refractivity contribution in [2.24, 2.45) is 11.8 Å². The first-order chi connectivity index (χ1) is 13.1. The van der Waals surface area contributed by atoms with Gasteiger partial charge in [-0.2, -0.15) is 0 Å². The van der Waals surface area contributed by atoms with Crippen LogP contribution in [0.25, 0.3) is 0 Å². The van der Waals surface area contributed by atoms with Gasteiger partial charge in [-0.15, -0.1) is 0 Å². The molecule has 0 aliphatic rings. The maximum absolute atomic E-state index is 12.4. The van der Waals surface area contributed by atoms with Crippen molar-refractivity contribution in [1.29, 1.82) is 0 Å². The number of rotatable bonds is 16. The van der Waals surface area contributed by atoms with Gasteiger partial charge in [0.1, 0.15) is 16.2 Å². The van der Waals surface area contributed by atoms with Crippen LogP contribution in [0.2, 0.25) is 0 Å². The first-order valence-electron chi connectivity index (χ1n) is 10.5. The second kappa shape index (κ2) is 16.5. The molecule has 0 fully saturated rings. The smallest absolute Gasteiger partial charge is 0.747 e. The van der Waals surface area contributed by atoms with Gasteiger partial charge in [0.05, 0.1) is 6.42 Å². The molecular weight excluding hydrogens is 407 g/mol. The van der Waals surface area contributed by atoms with Crippen LogP contribution in [0.5, 0.6) is 0 Å². The van der Waals surface area contributed by atoms with Crippen molar-refractivity contribution in [3.8, 4) is 0 Å². The zero-order chi connectivity index (χ0) is 21.7. The second-order valence-corrected chi connectivity index (χ2v) is 9.07. The monoisotopic (exact) mass is 444 g/mol. The number of unbranched alkanes of at least 4 members (excludes halogenated alkanes) is 2. The molecule has 166 valence electrons. The van der Waals surface area contributed by atoms with Crippen molar-refractivity contribution in [3.63, 3.8) is 0 Å². The summed E-state index contributed by atoms with van der Waals surface area (Å²) in [5.74, 6) is -2.37. The standard InChI is InChI=1S/C20H38O7S.Na/c1-5-9-11-15(7-3)13-17(16(8-4)12-10-6-2)27-20(23)18(14-19(21)22)28(24,25)26;/h15-18H,5-14H2,1-4H3,(H,21,22)(H,24,25,26);/q;+1/p-1. The van der Waals surface area contributed by atoms with Gasteiger partial charge in [-0.1, -0.05) is 66.2 Å². The molecule has 0 saturated heterocycles. The summed E-state index contributed by atoms with van der Waals surface area (Å²) in [4.78, 5) is 23.4. The topological polar surface area (TPSA) is 121 Å². The third-order valence-electron chi connectivity index (χ3n) is 5.33. The van der Waals surface area contributed by atoms with E-state index in [0.717, 1.165) is 51.4 Å². The van der Waals surface area contributed by atoms with Gasteiger partial charge < -0.3 is 14.4 Å². The summed E-state index contributed by atoms with van der Waals surface area (Å²) < 4.78 is 39.7. The first-order valence-corrected chi connectivity index (χ1v) is 11.9. The minimum atomic E-state index is -5.11. The van der Waals surface area contributed by atoms with E-state index >= 15 is 0 Å². The molecule has 0 aliphatic heterocycles. The predicted octanol–water partition coefficient (Wildman–Crippen LogP) is 1.11. The molecular formula is C20H37NaO7S. The summed E-state index contributed by atoms with van der Waals surface area (Å²) in [6, 6.07) is 0. The Hall–Kier alpha value is -0.150. The Morgan fingerprint density at radius 2 is 1.55 bits per heavy atom. The van der Waals surface area contributed by atoms with Gasteiger partial charge in [0.25, 0.3) is 0 Å². The second-order valence-electron chi connectivity index (χ2n) is 7.52. The van der Waals surface area contributed by atoms with E-state index in [9.17, 15) is 22.6 Å². The van der Waals surface area contributed by atoms with Gasteiger partial charge in [-0.25, -0.2) is 8.42 Å². The third-order valence-corrected chi connectivity index (χ3v) is 6.38. The Kier molecular flexibility index (Phi) is 17.7. The van der Waals surface area contributed by atoms with Gasteiger partial charge >= 0.3 is 41.5 Å². The van der Waals surface area contributed by atoms with Crippen LogP contribution >= 0.6 is 0 Å². The van der Waals surface area contributed by atoms with Crippen molar-refractivity contribution in [2.45, 2.75) is 103 Å². The van der Waals surface area contributed by atoms with Crippen LogP contribution in [0.15, 0.2) is 0 Å². The summed E-state index contributed by atoms with van der Waals surface area (Å²) in [5.41, 5.74) is 0. The van der Waals surface area contributed by atoms with Crippen LogP contribution in [-0.2, 0) is 24.4 Å². The molecule has 0 aromatic carbocycles. The van der Waals surface area contributed by atoms with Crippen LogP contribution in [0.1, 0.15) is 91.9 Å². The van der Waals surface area contributed by atoms with E-state index in [-0.39, 0.29) is 35.5 Å². The van der Waals surface area contributed by atoms with E-state index in [1.165, 1.54) is 0 Å². The Bertz CT molecular complexity index is 565. The third kappa shape index (κ3) is 13.0. The van der Waals surface area contributed by atoms with Gasteiger partial charge in [0, 0.05) is 0 Å². The summed E-state index contributed by atoms with van der Waals surface area (Å²) in [5, 5.41) is 6.67. The average molecular weight is 445 g/mol. The quantitative estimate of drug-likeness (QED) is 0.215. The van der Waals surface area contributed by atoms with Gasteiger partial charge in [0.2, 0.25) is 0 Å². The molecule has 9 heteroatoms. The van der Waals surface area contributed by atoms with E-state index in [4.69, 9.17) is 9.84 Å². The van der Waals surface area contributed by atoms with Crippen LogP contribution in [0.3, 0.4) is 0 Å². The molecule has 1 N–H and O–H groups in total. The van der Waals surface area contributed by atoms with Crippen LogP contribution in [0, 0.1) is 11.8 Å². The number of ether oxygens (including phenoxy) is 1. The summed E-state index contributed by atoms with van der Waals surface area (Å²) in [6.45, 7) is 8.24. The fourth-order valence-corrected chi connectivity index (χ4v) is 4.09. The van der Waals surface area contributed by atoms with Crippen molar-refractivity contribution in [2.75, 3.05) is 0 Å². The summed E-state index contributed by atoms with van der Waals surface area (Å²) >= 11 is 0. The SMILES string of the molecule is CCCCC(CC)CC(OC(=O)C(CC(=O)O)S(=O)(=O)[O-])C(CC)CCCC.[Na+]. The molecule has 4 unspecified atom stereocenters. The minimum Gasteiger partial charge on any atom is -0.747 e. The number of carboxylic acids is 1. The molecule has 0 aromatic rings. The molecule has 0 aliphatic carbocycles. The normalized spacial score (nSPS) is 15.6. The maximum atomic E-state index is 12.4. The molecule has 0 bridgehead atoms. The molecule has 29 heavy (non-hydrogen) atoms. The van der Waals surface area contributed by atoms with E-state index in [1.807, 2.05) is 6.92 Å². The zero-order valence-electron chi connectivity index (χ0n) is 18.7. The van der Waals surface area contributed by atoms with E-state index in [0.29, 0.717) is 12.3 Å². The zero-order valence-corrected chi connectivity index (χ0v) is 21.5. The Balaban J connectivity index is 0. The summed E-state index contributed by atoms with van der Waals surface area (Å²) in [7, 11) is -5.11. The van der Waals surface area contributed by atoms with Crippen molar-refractivity contribution in [1.82, 2.24) is 0 Å². The van der Waals surface area contributed by atoms with Crippen molar-refractivity contribution in [3.05, 3.63) is 0 Å². The fraction of sp³-hybridized carbons (Fsp3) is 0.900. The predicted molar refractivity (Wildman–Crippen MR) is 107 cm³/mol. The van der Waals surface area contributed by atoms with Crippen LogP contribution < -0.4 is 29.6 Å². The van der Waals surface area contributed by atoms with E-state index < -0.39 is 39.8 Å². The molecule has 0 radical (unpaired) electrons. The van der Waals surface area contributed by atoms with Gasteiger partial charge in [-0.05, 0) is 31.1 Å². The Morgan fingerprint density at radius 3 is 1.97 bits per heavy atom. The van der Waals surface area contributed by atoms with Gasteiger partial charge in [0.15, 0.2) is 5.25 Å². The maximum Gasteiger partial charge on any atom is 1.00 e. The van der Waals surface area contributed by atoms with Crippen LogP contribution in [-0.4, -0.2) is 41.4 Å². The molecule has 0 rings (SSSR count). The van der Waals surface area contributed by atoms with Crippen molar-refractivity contribution >= 4 is 22.1 Å².